The number of hydrogen-bond acceptors (Lipinski definition) is 4. The lowest BCUT2D eigenvalue weighted by atomic mass is 9.85. The van der Waals surface area contributed by atoms with Crippen molar-refractivity contribution in [3.63, 3.8) is 0 Å². The van der Waals surface area contributed by atoms with Crippen molar-refractivity contribution in [2.75, 3.05) is 19.8 Å². The number of rotatable bonds is 1. The van der Waals surface area contributed by atoms with Crippen LogP contribution in [-0.2, 0) is 4.74 Å². The van der Waals surface area contributed by atoms with E-state index in [2.05, 4.69) is 10.1 Å². The Labute approximate surface area is 122 Å². The number of fused-ring (bicyclic) bond motifs is 1. The summed E-state index contributed by atoms with van der Waals surface area (Å²) >= 11 is 0. The smallest absolute Gasteiger partial charge is 0.273 e. The van der Waals surface area contributed by atoms with Gasteiger partial charge in [-0.1, -0.05) is 0 Å². The Bertz CT molecular complexity index is 675. The SMILES string of the molecule is O=C(c1ccnc2ccnn12)N1CCCCC12CCOC2. The number of ether oxygens (including phenoxy) is 1. The van der Waals surface area contributed by atoms with Gasteiger partial charge in [0, 0.05) is 25.4 Å². The van der Waals surface area contributed by atoms with Crippen LogP contribution in [0.3, 0.4) is 0 Å². The summed E-state index contributed by atoms with van der Waals surface area (Å²) in [6.45, 7) is 2.21. The van der Waals surface area contributed by atoms with Gasteiger partial charge in [-0.05, 0) is 31.7 Å². The second-order valence-electron chi connectivity index (χ2n) is 5.87. The molecule has 1 unspecified atom stereocenters. The zero-order valence-electron chi connectivity index (χ0n) is 11.9. The van der Waals surface area contributed by atoms with Crippen molar-refractivity contribution in [2.45, 2.75) is 31.2 Å². The van der Waals surface area contributed by atoms with Gasteiger partial charge in [-0.3, -0.25) is 4.79 Å². The molecule has 2 aromatic rings. The molecule has 2 aromatic heterocycles. The van der Waals surface area contributed by atoms with Crippen LogP contribution in [0.2, 0.25) is 0 Å². The monoisotopic (exact) mass is 286 g/mol. The summed E-state index contributed by atoms with van der Waals surface area (Å²) in [4.78, 5) is 19.3. The first-order valence-electron chi connectivity index (χ1n) is 7.49. The highest BCUT2D eigenvalue weighted by atomic mass is 16.5. The summed E-state index contributed by atoms with van der Waals surface area (Å²) in [5.74, 6) is 0.0382. The average molecular weight is 286 g/mol. The molecule has 0 radical (unpaired) electrons. The number of aromatic nitrogens is 3. The molecule has 6 heteroatoms. The Balaban J connectivity index is 1.74. The molecule has 1 atom stereocenters. The Morgan fingerprint density at radius 2 is 2.19 bits per heavy atom. The fourth-order valence-corrected chi connectivity index (χ4v) is 3.55. The number of nitrogens with zero attached hydrogens (tertiary/aromatic N) is 4. The molecular weight excluding hydrogens is 268 g/mol. The van der Waals surface area contributed by atoms with Crippen LogP contribution < -0.4 is 0 Å². The molecular formula is C15H18N4O2. The molecule has 0 bridgehead atoms. The molecule has 2 aliphatic heterocycles. The van der Waals surface area contributed by atoms with E-state index in [9.17, 15) is 4.79 Å². The number of piperidine rings is 1. The molecule has 4 heterocycles. The van der Waals surface area contributed by atoms with Crippen molar-refractivity contribution in [3.05, 3.63) is 30.2 Å². The Kier molecular flexibility index (Phi) is 2.92. The Morgan fingerprint density at radius 3 is 3.05 bits per heavy atom. The predicted octanol–water partition coefficient (Wildman–Crippen LogP) is 1.51. The molecule has 21 heavy (non-hydrogen) atoms. The van der Waals surface area contributed by atoms with E-state index >= 15 is 0 Å². The lowest BCUT2D eigenvalue weighted by Gasteiger charge is -2.43. The highest BCUT2D eigenvalue weighted by Gasteiger charge is 2.45. The average Bonchev–Trinajstić information content (AvgIpc) is 3.16. The minimum absolute atomic E-state index is 0.0382. The van der Waals surface area contributed by atoms with Gasteiger partial charge in [0.2, 0.25) is 0 Å². The lowest BCUT2D eigenvalue weighted by molar-refractivity contribution is 0.0248. The minimum atomic E-state index is -0.113. The molecule has 4 rings (SSSR count). The lowest BCUT2D eigenvalue weighted by Crippen LogP contribution is -2.55. The first-order valence-corrected chi connectivity index (χ1v) is 7.49. The molecule has 2 fully saturated rings. The number of hydrogen-bond donors (Lipinski definition) is 0. The predicted molar refractivity (Wildman–Crippen MR) is 76.0 cm³/mol. The third-order valence-electron chi connectivity index (χ3n) is 4.68. The molecule has 0 aromatic carbocycles. The summed E-state index contributed by atoms with van der Waals surface area (Å²) in [6, 6.07) is 3.56. The van der Waals surface area contributed by atoms with Crippen molar-refractivity contribution < 1.29 is 9.53 Å². The van der Waals surface area contributed by atoms with E-state index in [0.29, 0.717) is 17.9 Å². The molecule has 0 N–H and O–H groups in total. The zero-order chi connectivity index (χ0) is 14.3. The second-order valence-corrected chi connectivity index (χ2v) is 5.87. The summed E-state index contributed by atoms with van der Waals surface area (Å²) in [5.41, 5.74) is 1.17. The molecule has 1 spiro atoms. The number of carbonyl (C=O) groups excluding carboxylic acids is 1. The van der Waals surface area contributed by atoms with E-state index in [1.165, 1.54) is 6.42 Å². The number of likely N-dealkylation sites (tertiary alicyclic amines) is 1. The Hall–Kier alpha value is -1.95. The van der Waals surface area contributed by atoms with E-state index in [0.717, 1.165) is 32.4 Å². The van der Waals surface area contributed by atoms with Crippen LogP contribution >= 0.6 is 0 Å². The van der Waals surface area contributed by atoms with Gasteiger partial charge < -0.3 is 9.64 Å². The van der Waals surface area contributed by atoms with E-state index in [1.54, 1.807) is 29.0 Å². The van der Waals surface area contributed by atoms with Gasteiger partial charge in [0.1, 0.15) is 5.69 Å². The van der Waals surface area contributed by atoms with Gasteiger partial charge in [0.15, 0.2) is 5.65 Å². The summed E-state index contributed by atoms with van der Waals surface area (Å²) in [6.07, 6.45) is 7.54. The van der Waals surface area contributed by atoms with Crippen LogP contribution in [0.5, 0.6) is 0 Å². The van der Waals surface area contributed by atoms with Crippen LogP contribution in [-0.4, -0.2) is 50.7 Å². The minimum Gasteiger partial charge on any atom is -0.379 e. The maximum Gasteiger partial charge on any atom is 0.273 e. The quantitative estimate of drug-likeness (QED) is 0.797. The van der Waals surface area contributed by atoms with Gasteiger partial charge in [0.05, 0.1) is 18.3 Å². The van der Waals surface area contributed by atoms with Crippen LogP contribution in [0.25, 0.3) is 5.65 Å². The normalized spacial score (nSPS) is 25.8. The summed E-state index contributed by atoms with van der Waals surface area (Å²) in [7, 11) is 0. The zero-order valence-corrected chi connectivity index (χ0v) is 11.9. The Morgan fingerprint density at radius 1 is 1.24 bits per heavy atom. The number of amides is 1. The highest BCUT2D eigenvalue weighted by molar-refractivity contribution is 5.93. The van der Waals surface area contributed by atoms with Crippen molar-refractivity contribution in [2.24, 2.45) is 0 Å². The molecule has 2 saturated heterocycles. The van der Waals surface area contributed by atoms with Gasteiger partial charge in [-0.15, -0.1) is 0 Å². The van der Waals surface area contributed by atoms with E-state index < -0.39 is 0 Å². The van der Waals surface area contributed by atoms with E-state index in [4.69, 9.17) is 4.74 Å². The maximum atomic E-state index is 13.1. The molecule has 110 valence electrons. The standard InChI is InChI=1S/C15H18N4O2/c20-14(12-3-7-16-13-4-8-17-19(12)13)18-9-2-1-5-15(18)6-10-21-11-15/h3-4,7-8H,1-2,5-6,9-11H2. The molecule has 0 aliphatic carbocycles. The third-order valence-corrected chi connectivity index (χ3v) is 4.68. The van der Waals surface area contributed by atoms with Crippen LogP contribution in [0, 0.1) is 0 Å². The third kappa shape index (κ3) is 1.93. The largest absolute Gasteiger partial charge is 0.379 e. The second kappa shape index (κ2) is 4.80. The van der Waals surface area contributed by atoms with Crippen LogP contribution in [0.4, 0.5) is 0 Å². The van der Waals surface area contributed by atoms with E-state index in [-0.39, 0.29) is 11.4 Å². The van der Waals surface area contributed by atoms with Gasteiger partial charge in [-0.25, -0.2) is 9.50 Å². The molecule has 0 saturated carbocycles. The van der Waals surface area contributed by atoms with Crippen LogP contribution in [0.15, 0.2) is 24.5 Å². The van der Waals surface area contributed by atoms with E-state index in [1.807, 2.05) is 4.90 Å². The van der Waals surface area contributed by atoms with Crippen molar-refractivity contribution in [1.82, 2.24) is 19.5 Å². The summed E-state index contributed by atoms with van der Waals surface area (Å²) in [5, 5.41) is 4.23. The van der Waals surface area contributed by atoms with Gasteiger partial charge >= 0.3 is 0 Å². The van der Waals surface area contributed by atoms with Crippen molar-refractivity contribution >= 4 is 11.6 Å². The van der Waals surface area contributed by atoms with Gasteiger partial charge in [-0.2, -0.15) is 5.10 Å². The molecule has 2 aliphatic rings. The maximum absolute atomic E-state index is 13.1. The highest BCUT2D eigenvalue weighted by Crippen LogP contribution is 2.36. The number of carbonyl (C=O) groups is 1. The van der Waals surface area contributed by atoms with Crippen LogP contribution in [0.1, 0.15) is 36.2 Å². The first kappa shape index (κ1) is 12.8. The van der Waals surface area contributed by atoms with Crippen molar-refractivity contribution in [1.29, 1.82) is 0 Å². The topological polar surface area (TPSA) is 59.7 Å². The summed E-state index contributed by atoms with van der Waals surface area (Å²) < 4.78 is 7.22. The first-order chi connectivity index (χ1) is 10.3. The fourth-order valence-electron chi connectivity index (χ4n) is 3.55. The molecule has 1 amide bonds. The van der Waals surface area contributed by atoms with Gasteiger partial charge in [0.25, 0.3) is 5.91 Å². The van der Waals surface area contributed by atoms with Crippen molar-refractivity contribution in [3.8, 4) is 0 Å². The molecule has 6 nitrogen and oxygen atoms in total. The fraction of sp³-hybridized carbons (Fsp3) is 0.533.